The van der Waals surface area contributed by atoms with Crippen molar-refractivity contribution in [3.8, 4) is 0 Å². The van der Waals surface area contributed by atoms with E-state index in [1.165, 1.54) is 0 Å². The van der Waals surface area contributed by atoms with Crippen molar-refractivity contribution in [3.63, 3.8) is 0 Å². The zero-order valence-corrected chi connectivity index (χ0v) is 11.6. The van der Waals surface area contributed by atoms with Crippen LogP contribution in [0.1, 0.15) is 38.9 Å². The molecule has 0 saturated carbocycles. The molecular formula is C13H24N4O. The van der Waals surface area contributed by atoms with Crippen LogP contribution in [0, 0.1) is 11.8 Å². The van der Waals surface area contributed by atoms with Crippen molar-refractivity contribution in [1.82, 2.24) is 15.0 Å². The Hall–Kier alpha value is -0.940. The number of hydrogen-bond acceptors (Lipinski definition) is 5. The highest BCUT2D eigenvalue weighted by Crippen LogP contribution is 2.16. The molecule has 0 bridgehead atoms. The van der Waals surface area contributed by atoms with Crippen LogP contribution < -0.4 is 5.73 Å². The largest absolute Gasteiger partial charge is 0.339 e. The van der Waals surface area contributed by atoms with Gasteiger partial charge in [-0.3, -0.25) is 4.90 Å². The normalized spacial score (nSPS) is 25.8. The van der Waals surface area contributed by atoms with Crippen LogP contribution in [0.15, 0.2) is 4.52 Å². The van der Waals surface area contributed by atoms with Crippen molar-refractivity contribution in [2.75, 3.05) is 13.1 Å². The minimum atomic E-state index is 0.274. The van der Waals surface area contributed by atoms with E-state index in [9.17, 15) is 0 Å². The van der Waals surface area contributed by atoms with Gasteiger partial charge in [0.2, 0.25) is 5.89 Å². The van der Waals surface area contributed by atoms with E-state index < -0.39 is 0 Å². The van der Waals surface area contributed by atoms with E-state index in [4.69, 9.17) is 10.3 Å². The first-order chi connectivity index (χ1) is 8.52. The second-order valence-corrected chi connectivity index (χ2v) is 6.00. The van der Waals surface area contributed by atoms with Crippen LogP contribution in [0.5, 0.6) is 0 Å². The maximum absolute atomic E-state index is 6.03. The first kappa shape index (κ1) is 13.5. The van der Waals surface area contributed by atoms with Gasteiger partial charge in [0.25, 0.3) is 0 Å². The minimum absolute atomic E-state index is 0.274. The van der Waals surface area contributed by atoms with E-state index in [1.54, 1.807) is 0 Å². The Morgan fingerprint density at radius 2 is 2.22 bits per heavy atom. The van der Waals surface area contributed by atoms with Crippen molar-refractivity contribution in [3.05, 3.63) is 11.7 Å². The molecule has 1 saturated heterocycles. The molecule has 0 spiro atoms. The molecule has 18 heavy (non-hydrogen) atoms. The van der Waals surface area contributed by atoms with Crippen LogP contribution in [-0.2, 0) is 13.0 Å². The van der Waals surface area contributed by atoms with E-state index in [-0.39, 0.29) is 6.04 Å². The zero-order valence-electron chi connectivity index (χ0n) is 11.6. The van der Waals surface area contributed by atoms with Crippen LogP contribution in [0.25, 0.3) is 0 Å². The summed E-state index contributed by atoms with van der Waals surface area (Å²) in [5, 5.41) is 4.04. The quantitative estimate of drug-likeness (QED) is 0.878. The van der Waals surface area contributed by atoms with Gasteiger partial charge in [0.1, 0.15) is 0 Å². The number of nitrogens with two attached hydrogens (primary N) is 1. The lowest BCUT2D eigenvalue weighted by Crippen LogP contribution is -2.45. The zero-order chi connectivity index (χ0) is 13.1. The van der Waals surface area contributed by atoms with Gasteiger partial charge in [-0.2, -0.15) is 4.98 Å². The lowest BCUT2D eigenvalue weighted by molar-refractivity contribution is 0.153. The molecule has 1 fully saturated rings. The van der Waals surface area contributed by atoms with Crippen molar-refractivity contribution in [1.29, 1.82) is 0 Å². The Balaban J connectivity index is 1.90. The lowest BCUT2D eigenvalue weighted by atomic mass is 9.97. The van der Waals surface area contributed by atoms with Gasteiger partial charge in [-0.05, 0) is 18.3 Å². The summed E-state index contributed by atoms with van der Waals surface area (Å²) >= 11 is 0. The summed E-state index contributed by atoms with van der Waals surface area (Å²) in [5.74, 6) is 2.72. The second kappa shape index (κ2) is 5.80. The van der Waals surface area contributed by atoms with Crippen molar-refractivity contribution >= 4 is 0 Å². The van der Waals surface area contributed by atoms with E-state index in [2.05, 4.69) is 35.8 Å². The summed E-state index contributed by atoms with van der Waals surface area (Å²) in [5.41, 5.74) is 6.03. The van der Waals surface area contributed by atoms with Gasteiger partial charge in [0, 0.05) is 25.6 Å². The van der Waals surface area contributed by atoms with Crippen LogP contribution >= 0.6 is 0 Å². The molecular weight excluding hydrogens is 228 g/mol. The van der Waals surface area contributed by atoms with Crippen LogP contribution in [0.3, 0.4) is 0 Å². The van der Waals surface area contributed by atoms with Crippen molar-refractivity contribution in [2.45, 2.75) is 46.2 Å². The van der Waals surface area contributed by atoms with E-state index in [1.807, 2.05) is 0 Å². The van der Waals surface area contributed by atoms with E-state index in [0.29, 0.717) is 11.8 Å². The van der Waals surface area contributed by atoms with Crippen LogP contribution in [-0.4, -0.2) is 34.2 Å². The molecule has 1 aromatic heterocycles. The molecule has 2 rings (SSSR count). The second-order valence-electron chi connectivity index (χ2n) is 6.00. The molecule has 5 heteroatoms. The average molecular weight is 252 g/mol. The average Bonchev–Trinajstić information content (AvgIpc) is 2.62. The molecule has 0 radical (unpaired) electrons. The molecule has 0 aromatic carbocycles. The molecule has 102 valence electrons. The van der Waals surface area contributed by atoms with Gasteiger partial charge in [-0.15, -0.1) is 0 Å². The Labute approximate surface area is 109 Å². The van der Waals surface area contributed by atoms with Gasteiger partial charge in [0.15, 0.2) is 5.82 Å². The van der Waals surface area contributed by atoms with Gasteiger partial charge in [-0.1, -0.05) is 25.9 Å². The molecule has 2 atom stereocenters. The standard InChI is InChI=1S/C13H24N4O/c1-9(2)4-13-15-12(16-18-13)8-17-6-10(3)5-11(14)7-17/h9-11H,4-8,14H2,1-3H3. The van der Waals surface area contributed by atoms with Crippen LogP contribution in [0.2, 0.25) is 0 Å². The Bertz CT molecular complexity index is 367. The third-order valence-corrected chi connectivity index (χ3v) is 3.23. The number of rotatable bonds is 4. The number of nitrogens with zero attached hydrogens (tertiary/aromatic N) is 3. The maximum atomic E-state index is 6.03. The molecule has 0 aliphatic carbocycles. The monoisotopic (exact) mass is 252 g/mol. The minimum Gasteiger partial charge on any atom is -0.339 e. The Kier molecular flexibility index (Phi) is 4.35. The van der Waals surface area contributed by atoms with E-state index in [0.717, 1.165) is 44.2 Å². The van der Waals surface area contributed by atoms with Gasteiger partial charge >= 0.3 is 0 Å². The third-order valence-electron chi connectivity index (χ3n) is 3.23. The summed E-state index contributed by atoms with van der Waals surface area (Å²) < 4.78 is 5.25. The molecule has 5 nitrogen and oxygen atoms in total. The summed E-state index contributed by atoms with van der Waals surface area (Å²) in [6, 6.07) is 0.274. The van der Waals surface area contributed by atoms with Gasteiger partial charge in [0.05, 0.1) is 6.54 Å². The number of likely N-dealkylation sites (tertiary alicyclic amines) is 1. The SMILES string of the molecule is CC(C)Cc1nc(CN2CC(C)CC(N)C2)no1. The third kappa shape index (κ3) is 3.78. The molecule has 2 N–H and O–H groups in total. The summed E-state index contributed by atoms with van der Waals surface area (Å²) in [6.07, 6.45) is 1.96. The van der Waals surface area contributed by atoms with Gasteiger partial charge < -0.3 is 10.3 Å². The predicted molar refractivity (Wildman–Crippen MR) is 69.9 cm³/mol. The first-order valence-corrected chi connectivity index (χ1v) is 6.82. The predicted octanol–water partition coefficient (Wildman–Crippen LogP) is 1.44. The van der Waals surface area contributed by atoms with Crippen LogP contribution in [0.4, 0.5) is 0 Å². The molecule has 1 aliphatic heterocycles. The Morgan fingerprint density at radius 1 is 1.44 bits per heavy atom. The molecule has 2 heterocycles. The topological polar surface area (TPSA) is 68.2 Å². The number of piperidine rings is 1. The molecule has 0 amide bonds. The summed E-state index contributed by atoms with van der Waals surface area (Å²) in [4.78, 5) is 6.76. The van der Waals surface area contributed by atoms with Crippen molar-refractivity contribution < 1.29 is 4.52 Å². The lowest BCUT2D eigenvalue weighted by Gasteiger charge is -2.33. The fraction of sp³-hybridized carbons (Fsp3) is 0.846. The molecule has 1 aliphatic rings. The number of hydrogen-bond donors (Lipinski definition) is 1. The number of aromatic nitrogens is 2. The smallest absolute Gasteiger partial charge is 0.226 e. The fourth-order valence-corrected chi connectivity index (χ4v) is 2.63. The first-order valence-electron chi connectivity index (χ1n) is 6.82. The molecule has 2 unspecified atom stereocenters. The summed E-state index contributed by atoms with van der Waals surface area (Å²) in [7, 11) is 0. The summed E-state index contributed by atoms with van der Waals surface area (Å²) in [6.45, 7) is 9.29. The highest BCUT2D eigenvalue weighted by molar-refractivity contribution is 4.89. The molecule has 1 aromatic rings. The van der Waals surface area contributed by atoms with Crippen molar-refractivity contribution in [2.24, 2.45) is 17.6 Å². The Morgan fingerprint density at radius 3 is 2.89 bits per heavy atom. The van der Waals surface area contributed by atoms with Gasteiger partial charge in [-0.25, -0.2) is 0 Å². The fourth-order valence-electron chi connectivity index (χ4n) is 2.63. The highest BCUT2D eigenvalue weighted by Gasteiger charge is 2.23. The maximum Gasteiger partial charge on any atom is 0.226 e. The van der Waals surface area contributed by atoms with E-state index >= 15 is 0 Å². The highest BCUT2D eigenvalue weighted by atomic mass is 16.5.